The number of carbonyl (C=O) groups excluding carboxylic acids is 1. The van der Waals surface area contributed by atoms with E-state index in [1.54, 1.807) is 0 Å². The number of benzene rings is 2. The van der Waals surface area contributed by atoms with E-state index < -0.39 is 0 Å². The van der Waals surface area contributed by atoms with Gasteiger partial charge in [0.25, 0.3) is 5.91 Å². The van der Waals surface area contributed by atoms with E-state index in [2.05, 4.69) is 39.7 Å². The third-order valence-electron chi connectivity index (χ3n) is 3.70. The number of aryl methyl sites for hydroxylation is 1. The van der Waals surface area contributed by atoms with Crippen LogP contribution >= 0.6 is 0 Å². The van der Waals surface area contributed by atoms with Gasteiger partial charge in [0.15, 0.2) is 0 Å². The molecule has 2 aromatic carbocycles. The highest BCUT2D eigenvalue weighted by Gasteiger charge is 2.10. The average molecular weight is 318 g/mol. The average Bonchev–Trinajstić information content (AvgIpc) is 2.63. The monoisotopic (exact) mass is 318 g/mol. The van der Waals surface area contributed by atoms with E-state index in [0.29, 0.717) is 12.2 Å². The van der Waals surface area contributed by atoms with Gasteiger partial charge in [0.1, 0.15) is 5.69 Å². The Morgan fingerprint density at radius 3 is 2.50 bits per heavy atom. The molecular formula is C19H18N4O. The number of para-hydroxylation sites is 2. The summed E-state index contributed by atoms with van der Waals surface area (Å²) in [5, 5.41) is 6.25. The lowest BCUT2D eigenvalue weighted by Gasteiger charge is -2.14. The summed E-state index contributed by atoms with van der Waals surface area (Å²) in [6.07, 6.45) is 4.48. The minimum atomic E-state index is -0.284. The summed E-state index contributed by atoms with van der Waals surface area (Å²) in [6.45, 7) is 2.77. The van der Waals surface area contributed by atoms with Crippen molar-refractivity contribution in [3.05, 3.63) is 83.9 Å². The van der Waals surface area contributed by atoms with E-state index >= 15 is 0 Å². The first-order valence-electron chi connectivity index (χ1n) is 7.69. The highest BCUT2D eigenvalue weighted by molar-refractivity contribution is 6.04. The molecule has 0 bridgehead atoms. The van der Waals surface area contributed by atoms with Crippen LogP contribution in [-0.2, 0) is 6.54 Å². The van der Waals surface area contributed by atoms with Gasteiger partial charge in [0.2, 0.25) is 0 Å². The number of hydrogen-bond donors (Lipinski definition) is 2. The highest BCUT2D eigenvalue weighted by Crippen LogP contribution is 2.22. The summed E-state index contributed by atoms with van der Waals surface area (Å²) in [4.78, 5) is 20.2. The molecule has 3 aromatic rings. The molecule has 24 heavy (non-hydrogen) atoms. The number of nitrogens with zero attached hydrogens (tertiary/aromatic N) is 2. The maximum absolute atomic E-state index is 12.3. The highest BCUT2D eigenvalue weighted by atomic mass is 16.1. The summed E-state index contributed by atoms with van der Waals surface area (Å²) in [7, 11) is 0. The zero-order chi connectivity index (χ0) is 16.8. The Labute approximate surface area is 140 Å². The van der Waals surface area contributed by atoms with Crippen molar-refractivity contribution in [3.63, 3.8) is 0 Å². The van der Waals surface area contributed by atoms with Crippen LogP contribution in [0.4, 0.5) is 11.4 Å². The lowest BCUT2D eigenvalue weighted by molar-refractivity contribution is 0.102. The van der Waals surface area contributed by atoms with Crippen molar-refractivity contribution in [2.24, 2.45) is 0 Å². The van der Waals surface area contributed by atoms with Gasteiger partial charge in [-0.25, -0.2) is 4.98 Å². The first-order chi connectivity index (χ1) is 11.7. The van der Waals surface area contributed by atoms with Crippen LogP contribution in [0, 0.1) is 6.92 Å². The van der Waals surface area contributed by atoms with Crippen LogP contribution in [0.15, 0.2) is 67.1 Å². The molecule has 0 saturated carbocycles. The van der Waals surface area contributed by atoms with Crippen LogP contribution in [0.25, 0.3) is 0 Å². The fourth-order valence-corrected chi connectivity index (χ4v) is 2.35. The molecule has 0 radical (unpaired) electrons. The van der Waals surface area contributed by atoms with Crippen molar-refractivity contribution in [1.82, 2.24) is 9.97 Å². The Morgan fingerprint density at radius 1 is 1.00 bits per heavy atom. The van der Waals surface area contributed by atoms with Gasteiger partial charge < -0.3 is 10.6 Å². The third kappa shape index (κ3) is 3.76. The Hall–Kier alpha value is -3.21. The van der Waals surface area contributed by atoms with Gasteiger partial charge in [-0.05, 0) is 30.2 Å². The molecule has 120 valence electrons. The van der Waals surface area contributed by atoms with Gasteiger partial charge in [-0.2, -0.15) is 0 Å². The molecule has 5 heteroatoms. The molecule has 1 amide bonds. The zero-order valence-corrected chi connectivity index (χ0v) is 13.4. The SMILES string of the molecule is Cc1ccccc1CNc1ccccc1NC(=O)c1cnccn1. The Balaban J connectivity index is 1.74. The molecule has 1 heterocycles. The number of amides is 1. The Bertz CT molecular complexity index is 834. The lowest BCUT2D eigenvalue weighted by atomic mass is 10.1. The summed E-state index contributed by atoms with van der Waals surface area (Å²) in [5.74, 6) is -0.284. The van der Waals surface area contributed by atoms with Crippen LogP contribution in [0.1, 0.15) is 21.6 Å². The Kier molecular flexibility index (Phi) is 4.81. The van der Waals surface area contributed by atoms with Crippen LogP contribution in [0.3, 0.4) is 0 Å². The summed E-state index contributed by atoms with van der Waals surface area (Å²) < 4.78 is 0. The quantitative estimate of drug-likeness (QED) is 0.753. The number of rotatable bonds is 5. The summed E-state index contributed by atoms with van der Waals surface area (Å²) in [6, 6.07) is 15.8. The first-order valence-corrected chi connectivity index (χ1v) is 7.69. The molecule has 3 rings (SSSR count). The smallest absolute Gasteiger partial charge is 0.275 e. The summed E-state index contributed by atoms with van der Waals surface area (Å²) >= 11 is 0. The van der Waals surface area contributed by atoms with E-state index in [0.717, 1.165) is 5.69 Å². The number of anilines is 2. The number of hydrogen-bond acceptors (Lipinski definition) is 4. The second kappa shape index (κ2) is 7.37. The number of carbonyl (C=O) groups is 1. The minimum absolute atomic E-state index is 0.284. The minimum Gasteiger partial charge on any atom is -0.379 e. The largest absolute Gasteiger partial charge is 0.379 e. The second-order valence-electron chi connectivity index (χ2n) is 5.37. The molecule has 0 fully saturated rings. The van der Waals surface area contributed by atoms with E-state index in [9.17, 15) is 4.79 Å². The second-order valence-corrected chi connectivity index (χ2v) is 5.37. The van der Waals surface area contributed by atoms with E-state index in [1.807, 2.05) is 36.4 Å². The van der Waals surface area contributed by atoms with Crippen LogP contribution in [-0.4, -0.2) is 15.9 Å². The molecule has 2 N–H and O–H groups in total. The fourth-order valence-electron chi connectivity index (χ4n) is 2.35. The molecule has 0 spiro atoms. The van der Waals surface area contributed by atoms with Crippen LogP contribution in [0.2, 0.25) is 0 Å². The molecule has 0 atom stereocenters. The van der Waals surface area contributed by atoms with Crippen molar-refractivity contribution in [2.45, 2.75) is 13.5 Å². The van der Waals surface area contributed by atoms with Crippen molar-refractivity contribution in [3.8, 4) is 0 Å². The van der Waals surface area contributed by atoms with Crippen molar-refractivity contribution < 1.29 is 4.79 Å². The third-order valence-corrected chi connectivity index (χ3v) is 3.70. The molecule has 0 aliphatic carbocycles. The van der Waals surface area contributed by atoms with E-state index in [4.69, 9.17) is 0 Å². The predicted molar refractivity (Wildman–Crippen MR) is 94.9 cm³/mol. The van der Waals surface area contributed by atoms with E-state index in [1.165, 1.54) is 29.7 Å². The molecule has 0 saturated heterocycles. The predicted octanol–water partition coefficient (Wildman–Crippen LogP) is 3.65. The lowest BCUT2D eigenvalue weighted by Crippen LogP contribution is -2.15. The molecule has 0 unspecified atom stereocenters. The normalized spacial score (nSPS) is 10.2. The maximum Gasteiger partial charge on any atom is 0.275 e. The van der Waals surface area contributed by atoms with Crippen LogP contribution < -0.4 is 10.6 Å². The van der Waals surface area contributed by atoms with Gasteiger partial charge in [-0.3, -0.25) is 9.78 Å². The van der Waals surface area contributed by atoms with Crippen molar-refractivity contribution in [1.29, 1.82) is 0 Å². The van der Waals surface area contributed by atoms with Gasteiger partial charge in [-0.15, -0.1) is 0 Å². The zero-order valence-electron chi connectivity index (χ0n) is 13.4. The molecule has 0 aliphatic heterocycles. The first kappa shape index (κ1) is 15.7. The topological polar surface area (TPSA) is 66.9 Å². The summed E-state index contributed by atoms with van der Waals surface area (Å²) in [5.41, 5.74) is 4.30. The van der Waals surface area contributed by atoms with Crippen molar-refractivity contribution in [2.75, 3.05) is 10.6 Å². The van der Waals surface area contributed by atoms with Gasteiger partial charge in [-0.1, -0.05) is 36.4 Å². The standard InChI is InChI=1S/C19H18N4O/c1-14-6-2-3-7-15(14)12-22-16-8-4-5-9-17(16)23-19(24)18-13-20-10-11-21-18/h2-11,13,22H,12H2,1H3,(H,23,24). The van der Waals surface area contributed by atoms with Gasteiger partial charge in [0.05, 0.1) is 17.6 Å². The fraction of sp³-hybridized carbons (Fsp3) is 0.105. The van der Waals surface area contributed by atoms with Crippen molar-refractivity contribution >= 4 is 17.3 Å². The van der Waals surface area contributed by atoms with Gasteiger partial charge in [0, 0.05) is 18.9 Å². The maximum atomic E-state index is 12.3. The molecule has 0 aliphatic rings. The van der Waals surface area contributed by atoms with Gasteiger partial charge >= 0.3 is 0 Å². The molecule has 5 nitrogen and oxygen atoms in total. The number of nitrogens with one attached hydrogen (secondary N) is 2. The molecular weight excluding hydrogens is 300 g/mol. The van der Waals surface area contributed by atoms with E-state index in [-0.39, 0.29) is 11.6 Å². The molecule has 1 aromatic heterocycles. The number of aromatic nitrogens is 2. The Morgan fingerprint density at radius 2 is 1.75 bits per heavy atom. The van der Waals surface area contributed by atoms with Crippen LogP contribution in [0.5, 0.6) is 0 Å².